The summed E-state index contributed by atoms with van der Waals surface area (Å²) in [5.74, 6) is 0.886. The van der Waals surface area contributed by atoms with Gasteiger partial charge in [0.2, 0.25) is 0 Å². The number of piperidine rings is 1. The van der Waals surface area contributed by atoms with Gasteiger partial charge in [0.05, 0.1) is 0 Å². The van der Waals surface area contributed by atoms with Gasteiger partial charge in [-0.25, -0.2) is 0 Å². The summed E-state index contributed by atoms with van der Waals surface area (Å²) in [5.41, 5.74) is 1.40. The smallest absolute Gasteiger partial charge is 0.0270 e. The van der Waals surface area contributed by atoms with E-state index in [0.717, 1.165) is 12.3 Å². The lowest BCUT2D eigenvalue weighted by molar-refractivity contribution is 0.185. The van der Waals surface area contributed by atoms with Crippen LogP contribution in [0.15, 0.2) is 24.5 Å². The van der Waals surface area contributed by atoms with Gasteiger partial charge in [-0.3, -0.25) is 4.98 Å². The minimum atomic E-state index is 0.886. The first-order valence-electron chi connectivity index (χ1n) is 6.64. The summed E-state index contributed by atoms with van der Waals surface area (Å²) in [5, 5.41) is 3.28. The van der Waals surface area contributed by atoms with E-state index in [-0.39, 0.29) is 0 Å². The molecule has 0 radical (unpaired) electrons. The molecule has 2 heterocycles. The van der Waals surface area contributed by atoms with Gasteiger partial charge < -0.3 is 10.2 Å². The molecule has 0 aromatic carbocycles. The third kappa shape index (κ3) is 4.10. The minimum absolute atomic E-state index is 0.886. The van der Waals surface area contributed by atoms with Crippen molar-refractivity contribution in [2.24, 2.45) is 5.92 Å². The number of rotatable bonds is 5. The van der Waals surface area contributed by atoms with E-state index in [1.165, 1.54) is 44.6 Å². The second kappa shape index (κ2) is 6.72. The van der Waals surface area contributed by atoms with E-state index in [0.29, 0.717) is 0 Å². The zero-order chi connectivity index (χ0) is 11.9. The number of hydrogen-bond donors (Lipinski definition) is 1. The van der Waals surface area contributed by atoms with Crippen LogP contribution >= 0.6 is 0 Å². The Morgan fingerprint density at radius 2 is 2.00 bits per heavy atom. The van der Waals surface area contributed by atoms with Gasteiger partial charge in [-0.2, -0.15) is 0 Å². The van der Waals surface area contributed by atoms with Crippen LogP contribution < -0.4 is 5.32 Å². The Labute approximate surface area is 104 Å². The minimum Gasteiger partial charge on any atom is -0.319 e. The van der Waals surface area contributed by atoms with Crippen LogP contribution in [0.4, 0.5) is 0 Å². The van der Waals surface area contributed by atoms with Crippen molar-refractivity contribution in [2.75, 3.05) is 33.2 Å². The highest BCUT2D eigenvalue weighted by atomic mass is 15.1. The number of nitrogens with zero attached hydrogens (tertiary/aromatic N) is 2. The third-order valence-corrected chi connectivity index (χ3v) is 3.67. The fourth-order valence-electron chi connectivity index (χ4n) is 2.54. The van der Waals surface area contributed by atoms with Crippen molar-refractivity contribution in [1.29, 1.82) is 0 Å². The maximum atomic E-state index is 4.05. The number of nitrogens with one attached hydrogen (secondary N) is 1. The van der Waals surface area contributed by atoms with Crippen LogP contribution in [0.25, 0.3) is 0 Å². The van der Waals surface area contributed by atoms with Crippen LogP contribution in [-0.2, 0) is 6.42 Å². The summed E-state index contributed by atoms with van der Waals surface area (Å²) in [7, 11) is 2.05. The Morgan fingerprint density at radius 1 is 1.29 bits per heavy atom. The van der Waals surface area contributed by atoms with Crippen LogP contribution in [0.2, 0.25) is 0 Å². The highest BCUT2D eigenvalue weighted by Crippen LogP contribution is 2.16. The molecule has 0 bridgehead atoms. The summed E-state index contributed by atoms with van der Waals surface area (Å²) in [4.78, 5) is 6.64. The molecule has 0 amide bonds. The van der Waals surface area contributed by atoms with E-state index in [1.54, 1.807) is 0 Å². The van der Waals surface area contributed by atoms with Crippen molar-refractivity contribution in [2.45, 2.75) is 19.3 Å². The van der Waals surface area contributed by atoms with E-state index in [1.807, 2.05) is 12.4 Å². The quantitative estimate of drug-likeness (QED) is 0.836. The molecule has 1 aromatic rings. The first-order valence-corrected chi connectivity index (χ1v) is 6.64. The highest BCUT2D eigenvalue weighted by molar-refractivity contribution is 5.09. The molecule has 0 spiro atoms. The van der Waals surface area contributed by atoms with Crippen molar-refractivity contribution >= 4 is 0 Å². The Bertz CT molecular complexity index is 305. The second-order valence-corrected chi connectivity index (χ2v) is 4.95. The first kappa shape index (κ1) is 12.5. The molecular formula is C14H23N3. The second-order valence-electron chi connectivity index (χ2n) is 4.95. The van der Waals surface area contributed by atoms with Crippen LogP contribution in [0.1, 0.15) is 18.4 Å². The molecule has 1 aromatic heterocycles. The Morgan fingerprint density at radius 3 is 2.65 bits per heavy atom. The van der Waals surface area contributed by atoms with Gasteiger partial charge in [0.15, 0.2) is 0 Å². The number of pyridine rings is 1. The maximum absolute atomic E-state index is 4.05. The average Bonchev–Trinajstić information content (AvgIpc) is 2.40. The Balaban J connectivity index is 1.68. The molecule has 1 fully saturated rings. The van der Waals surface area contributed by atoms with Gasteiger partial charge >= 0.3 is 0 Å². The lowest BCUT2D eigenvalue weighted by atomic mass is 9.96. The zero-order valence-electron chi connectivity index (χ0n) is 10.7. The fraction of sp³-hybridized carbons (Fsp3) is 0.643. The largest absolute Gasteiger partial charge is 0.319 e. The molecule has 3 nitrogen and oxygen atoms in total. The predicted molar refractivity (Wildman–Crippen MR) is 71.0 cm³/mol. The van der Waals surface area contributed by atoms with Crippen LogP contribution in [0.5, 0.6) is 0 Å². The lowest BCUT2D eigenvalue weighted by Gasteiger charge is -2.31. The Hall–Kier alpha value is -0.930. The predicted octanol–water partition coefficient (Wildman–Crippen LogP) is 1.56. The van der Waals surface area contributed by atoms with E-state index in [2.05, 4.69) is 34.4 Å². The van der Waals surface area contributed by atoms with Crippen LogP contribution in [0, 0.1) is 5.92 Å². The molecule has 0 unspecified atom stereocenters. The SMILES string of the molecule is CNCC1CCN(CCc2ccncc2)CC1. The molecule has 0 saturated carbocycles. The van der Waals surface area contributed by atoms with Crippen molar-refractivity contribution in [1.82, 2.24) is 15.2 Å². The molecule has 1 N–H and O–H groups in total. The van der Waals surface area contributed by atoms with Gasteiger partial charge in [0, 0.05) is 18.9 Å². The third-order valence-electron chi connectivity index (χ3n) is 3.67. The van der Waals surface area contributed by atoms with Crippen molar-refractivity contribution in [3.05, 3.63) is 30.1 Å². The summed E-state index contributed by atoms with van der Waals surface area (Å²) < 4.78 is 0. The zero-order valence-corrected chi connectivity index (χ0v) is 10.7. The maximum Gasteiger partial charge on any atom is 0.0270 e. The summed E-state index contributed by atoms with van der Waals surface area (Å²) in [6, 6.07) is 4.24. The first-order chi connectivity index (χ1) is 8.38. The molecule has 1 aliphatic heterocycles. The van der Waals surface area contributed by atoms with Gasteiger partial charge in [0.25, 0.3) is 0 Å². The van der Waals surface area contributed by atoms with Gasteiger partial charge in [-0.1, -0.05) is 0 Å². The van der Waals surface area contributed by atoms with Crippen molar-refractivity contribution < 1.29 is 0 Å². The van der Waals surface area contributed by atoms with E-state index >= 15 is 0 Å². The molecular weight excluding hydrogens is 210 g/mol. The van der Waals surface area contributed by atoms with E-state index in [9.17, 15) is 0 Å². The highest BCUT2D eigenvalue weighted by Gasteiger charge is 2.17. The van der Waals surface area contributed by atoms with Crippen LogP contribution in [-0.4, -0.2) is 43.1 Å². The lowest BCUT2D eigenvalue weighted by Crippen LogP contribution is -2.37. The average molecular weight is 233 g/mol. The molecule has 94 valence electrons. The summed E-state index contributed by atoms with van der Waals surface area (Å²) in [6.45, 7) is 4.89. The normalized spacial score (nSPS) is 18.4. The topological polar surface area (TPSA) is 28.2 Å². The van der Waals surface area contributed by atoms with Crippen LogP contribution in [0.3, 0.4) is 0 Å². The van der Waals surface area contributed by atoms with E-state index < -0.39 is 0 Å². The molecule has 1 aliphatic rings. The number of likely N-dealkylation sites (tertiary alicyclic amines) is 1. The number of aromatic nitrogens is 1. The standard InChI is InChI=1S/C14H23N3/c1-15-12-14-5-10-17(11-6-14)9-4-13-2-7-16-8-3-13/h2-3,7-8,14-15H,4-6,9-12H2,1H3. The van der Waals surface area contributed by atoms with Gasteiger partial charge in [-0.15, -0.1) is 0 Å². The molecule has 1 saturated heterocycles. The molecule has 0 aliphatic carbocycles. The van der Waals surface area contributed by atoms with Crippen molar-refractivity contribution in [3.63, 3.8) is 0 Å². The molecule has 2 rings (SSSR count). The molecule has 3 heteroatoms. The van der Waals surface area contributed by atoms with E-state index in [4.69, 9.17) is 0 Å². The van der Waals surface area contributed by atoms with Gasteiger partial charge in [0.1, 0.15) is 0 Å². The number of hydrogen-bond acceptors (Lipinski definition) is 3. The summed E-state index contributed by atoms with van der Waals surface area (Å²) in [6.07, 6.45) is 7.61. The summed E-state index contributed by atoms with van der Waals surface area (Å²) >= 11 is 0. The monoisotopic (exact) mass is 233 g/mol. The molecule has 17 heavy (non-hydrogen) atoms. The molecule has 0 atom stereocenters. The van der Waals surface area contributed by atoms with Crippen molar-refractivity contribution in [3.8, 4) is 0 Å². The fourth-order valence-corrected chi connectivity index (χ4v) is 2.54. The Kier molecular flexibility index (Phi) is 4.95. The van der Waals surface area contributed by atoms with Gasteiger partial charge in [-0.05, 0) is 69.6 Å².